The van der Waals surface area contributed by atoms with Gasteiger partial charge in [0.05, 0.1) is 13.7 Å². The van der Waals surface area contributed by atoms with Crippen molar-refractivity contribution >= 4 is 5.91 Å². The second-order valence-corrected chi connectivity index (χ2v) is 5.36. The van der Waals surface area contributed by atoms with Crippen molar-refractivity contribution in [3.63, 3.8) is 0 Å². The van der Waals surface area contributed by atoms with E-state index >= 15 is 0 Å². The predicted octanol–water partition coefficient (Wildman–Crippen LogP) is 2.89. The molecule has 24 heavy (non-hydrogen) atoms. The molecule has 0 aliphatic carbocycles. The third-order valence-corrected chi connectivity index (χ3v) is 3.51. The molecule has 0 radical (unpaired) electrons. The van der Waals surface area contributed by atoms with Crippen molar-refractivity contribution in [3.8, 4) is 17.2 Å². The summed E-state index contributed by atoms with van der Waals surface area (Å²) in [7, 11) is 1.59. The lowest BCUT2D eigenvalue weighted by molar-refractivity contribution is -0.123. The maximum Gasteiger partial charge on any atom is 0.258 e. The van der Waals surface area contributed by atoms with Gasteiger partial charge in [-0.2, -0.15) is 0 Å². The van der Waals surface area contributed by atoms with Gasteiger partial charge in [-0.15, -0.1) is 0 Å². The summed E-state index contributed by atoms with van der Waals surface area (Å²) < 4.78 is 16.4. The van der Waals surface area contributed by atoms with E-state index in [2.05, 4.69) is 5.32 Å². The van der Waals surface area contributed by atoms with Crippen LogP contribution in [-0.2, 0) is 4.79 Å². The Morgan fingerprint density at radius 3 is 2.29 bits per heavy atom. The highest BCUT2D eigenvalue weighted by molar-refractivity contribution is 5.77. The molecule has 1 amide bonds. The number of amides is 1. The number of hydrogen-bond donors (Lipinski definition) is 1. The summed E-state index contributed by atoms with van der Waals surface area (Å²) in [5.74, 6) is 1.91. The molecule has 2 aromatic carbocycles. The van der Waals surface area contributed by atoms with Crippen LogP contribution < -0.4 is 19.5 Å². The van der Waals surface area contributed by atoms with Gasteiger partial charge >= 0.3 is 0 Å². The number of rotatable bonds is 8. The van der Waals surface area contributed by atoms with Crippen LogP contribution in [0.5, 0.6) is 17.2 Å². The predicted molar refractivity (Wildman–Crippen MR) is 92.9 cm³/mol. The molecule has 1 N–H and O–H groups in total. The normalized spacial score (nSPS) is 10.1. The molecule has 0 saturated carbocycles. The average molecular weight is 329 g/mol. The maximum atomic E-state index is 11.9. The third-order valence-electron chi connectivity index (χ3n) is 3.51. The molecule has 5 nitrogen and oxygen atoms in total. The first-order valence-corrected chi connectivity index (χ1v) is 7.83. The van der Waals surface area contributed by atoms with Gasteiger partial charge < -0.3 is 19.5 Å². The fourth-order valence-electron chi connectivity index (χ4n) is 2.31. The second kappa shape index (κ2) is 8.82. The lowest BCUT2D eigenvalue weighted by Crippen LogP contribution is -2.32. The summed E-state index contributed by atoms with van der Waals surface area (Å²) in [5.41, 5.74) is 2.03. The van der Waals surface area contributed by atoms with E-state index in [-0.39, 0.29) is 12.5 Å². The Kier molecular flexibility index (Phi) is 6.49. The van der Waals surface area contributed by atoms with E-state index in [4.69, 9.17) is 14.2 Å². The van der Waals surface area contributed by atoms with Crippen LogP contribution in [0.1, 0.15) is 11.1 Å². The van der Waals surface area contributed by atoms with Crippen molar-refractivity contribution in [2.75, 3.05) is 26.9 Å². The van der Waals surface area contributed by atoms with Crippen molar-refractivity contribution in [1.29, 1.82) is 0 Å². The first-order chi connectivity index (χ1) is 11.6. The van der Waals surface area contributed by atoms with Gasteiger partial charge in [0.15, 0.2) is 18.1 Å². The largest absolute Gasteiger partial charge is 0.493 e. The van der Waals surface area contributed by atoms with E-state index in [1.54, 1.807) is 7.11 Å². The SMILES string of the molecule is COc1ccccc1OCCNC(=O)COc1c(C)cccc1C. The molecule has 0 spiro atoms. The molecule has 0 aliphatic heterocycles. The van der Waals surface area contributed by atoms with E-state index in [0.29, 0.717) is 24.7 Å². The number of methoxy groups -OCH3 is 1. The highest BCUT2D eigenvalue weighted by atomic mass is 16.5. The van der Waals surface area contributed by atoms with E-state index in [0.717, 1.165) is 16.9 Å². The number of carbonyl (C=O) groups excluding carboxylic acids is 1. The molecule has 128 valence electrons. The Morgan fingerprint density at radius 1 is 0.958 bits per heavy atom. The average Bonchev–Trinajstić information content (AvgIpc) is 2.58. The minimum absolute atomic E-state index is 0.0135. The molecular formula is C19H23NO4. The Labute approximate surface area is 142 Å². The quantitative estimate of drug-likeness (QED) is 0.757. The van der Waals surface area contributed by atoms with Crippen LogP contribution in [0, 0.1) is 13.8 Å². The number of aryl methyl sites for hydroxylation is 2. The number of ether oxygens (including phenoxy) is 3. The first-order valence-electron chi connectivity index (χ1n) is 7.83. The minimum Gasteiger partial charge on any atom is -0.493 e. The lowest BCUT2D eigenvalue weighted by Gasteiger charge is -2.13. The number of hydrogen-bond acceptors (Lipinski definition) is 4. The van der Waals surface area contributed by atoms with Gasteiger partial charge in [-0.05, 0) is 37.1 Å². The maximum absolute atomic E-state index is 11.9. The Hall–Kier alpha value is -2.69. The van der Waals surface area contributed by atoms with Crippen molar-refractivity contribution < 1.29 is 19.0 Å². The van der Waals surface area contributed by atoms with Crippen LogP contribution in [0.3, 0.4) is 0 Å². The van der Waals surface area contributed by atoms with Gasteiger partial charge in [0.25, 0.3) is 5.91 Å². The van der Waals surface area contributed by atoms with Gasteiger partial charge in [-0.25, -0.2) is 0 Å². The fourth-order valence-corrected chi connectivity index (χ4v) is 2.31. The van der Waals surface area contributed by atoms with E-state index in [1.807, 2.05) is 56.3 Å². The zero-order chi connectivity index (χ0) is 17.4. The highest BCUT2D eigenvalue weighted by Crippen LogP contribution is 2.25. The van der Waals surface area contributed by atoms with E-state index < -0.39 is 0 Å². The Bertz CT molecular complexity index is 665. The van der Waals surface area contributed by atoms with Crippen LogP contribution in [0.15, 0.2) is 42.5 Å². The van der Waals surface area contributed by atoms with E-state index in [9.17, 15) is 4.79 Å². The second-order valence-electron chi connectivity index (χ2n) is 5.36. The smallest absolute Gasteiger partial charge is 0.258 e. The summed E-state index contributed by atoms with van der Waals surface area (Å²) in [6, 6.07) is 13.3. The zero-order valence-electron chi connectivity index (χ0n) is 14.3. The standard InChI is InChI=1S/C19H23NO4/c1-14-7-6-8-15(2)19(14)24-13-18(21)20-11-12-23-17-10-5-4-9-16(17)22-3/h4-10H,11-13H2,1-3H3,(H,20,21). The molecule has 0 fully saturated rings. The Morgan fingerprint density at radius 2 is 1.62 bits per heavy atom. The first kappa shape index (κ1) is 17.7. The summed E-state index contributed by atoms with van der Waals surface area (Å²) in [6.45, 7) is 4.66. The lowest BCUT2D eigenvalue weighted by atomic mass is 10.1. The van der Waals surface area contributed by atoms with Gasteiger partial charge in [0.2, 0.25) is 0 Å². The molecule has 0 atom stereocenters. The van der Waals surface area contributed by atoms with Crippen molar-refractivity contribution in [2.24, 2.45) is 0 Å². The Balaban J connectivity index is 1.72. The van der Waals surface area contributed by atoms with Crippen LogP contribution in [0.2, 0.25) is 0 Å². The van der Waals surface area contributed by atoms with Gasteiger partial charge in [-0.3, -0.25) is 4.79 Å². The summed E-state index contributed by atoms with van der Waals surface area (Å²) in [4.78, 5) is 11.9. The van der Waals surface area contributed by atoms with Crippen LogP contribution in [0.25, 0.3) is 0 Å². The highest BCUT2D eigenvalue weighted by Gasteiger charge is 2.07. The van der Waals surface area contributed by atoms with Crippen molar-refractivity contribution in [1.82, 2.24) is 5.32 Å². The van der Waals surface area contributed by atoms with Gasteiger partial charge in [0.1, 0.15) is 12.4 Å². The molecule has 0 aromatic heterocycles. The summed E-state index contributed by atoms with van der Waals surface area (Å²) in [5, 5.41) is 2.77. The van der Waals surface area contributed by atoms with E-state index in [1.165, 1.54) is 0 Å². The van der Waals surface area contributed by atoms with Crippen LogP contribution >= 0.6 is 0 Å². The molecular weight excluding hydrogens is 306 g/mol. The van der Waals surface area contributed by atoms with Crippen molar-refractivity contribution in [2.45, 2.75) is 13.8 Å². The summed E-state index contributed by atoms with van der Waals surface area (Å²) in [6.07, 6.45) is 0. The number of carbonyl (C=O) groups is 1. The minimum atomic E-state index is -0.179. The molecule has 0 bridgehead atoms. The third kappa shape index (κ3) is 4.91. The molecule has 2 rings (SSSR count). The molecule has 5 heteroatoms. The number of para-hydroxylation sites is 3. The number of nitrogens with one attached hydrogen (secondary N) is 1. The monoisotopic (exact) mass is 329 g/mol. The van der Waals surface area contributed by atoms with Crippen LogP contribution in [-0.4, -0.2) is 32.8 Å². The summed E-state index contributed by atoms with van der Waals surface area (Å²) >= 11 is 0. The molecule has 2 aromatic rings. The van der Waals surface area contributed by atoms with Crippen LogP contribution in [0.4, 0.5) is 0 Å². The molecule has 0 saturated heterocycles. The van der Waals surface area contributed by atoms with Gasteiger partial charge in [0, 0.05) is 0 Å². The molecule has 0 heterocycles. The number of benzene rings is 2. The fraction of sp³-hybridized carbons (Fsp3) is 0.316. The topological polar surface area (TPSA) is 56.8 Å². The zero-order valence-corrected chi connectivity index (χ0v) is 14.3. The van der Waals surface area contributed by atoms with Gasteiger partial charge in [-0.1, -0.05) is 30.3 Å². The van der Waals surface area contributed by atoms with Crippen molar-refractivity contribution in [3.05, 3.63) is 53.6 Å². The molecule has 0 aliphatic rings. The molecule has 0 unspecified atom stereocenters.